The third kappa shape index (κ3) is 4.31. The Morgan fingerprint density at radius 3 is 2.28 bits per heavy atom. The highest BCUT2D eigenvalue weighted by Crippen LogP contribution is 2.37. The van der Waals surface area contributed by atoms with Gasteiger partial charge in [-0.1, -0.05) is 42.5 Å². The molecule has 1 fully saturated rings. The minimum atomic E-state index is -0.300. The van der Waals surface area contributed by atoms with Crippen LogP contribution in [-0.4, -0.2) is 6.61 Å². The molecule has 0 atom stereocenters. The van der Waals surface area contributed by atoms with E-state index >= 15 is 0 Å². The molecule has 0 bridgehead atoms. The molecular weight excluding hydrogens is 311 g/mol. The molecule has 1 saturated carbocycles. The van der Waals surface area contributed by atoms with Crippen molar-refractivity contribution in [3.8, 4) is 16.9 Å². The molecule has 0 N–H and O–H groups in total. The van der Waals surface area contributed by atoms with Gasteiger partial charge in [-0.3, -0.25) is 0 Å². The molecule has 1 aliphatic carbocycles. The summed E-state index contributed by atoms with van der Waals surface area (Å²) in [6, 6.07) is 13.8. The monoisotopic (exact) mass is 338 g/mol. The quantitative estimate of drug-likeness (QED) is 0.548. The first-order chi connectivity index (χ1) is 12.2. The molecule has 1 aliphatic rings. The van der Waals surface area contributed by atoms with Crippen molar-refractivity contribution in [3.05, 3.63) is 66.0 Å². The third-order valence-electron chi connectivity index (χ3n) is 5.18. The van der Waals surface area contributed by atoms with Gasteiger partial charge in [-0.15, -0.1) is 0 Å². The van der Waals surface area contributed by atoms with E-state index in [-0.39, 0.29) is 5.82 Å². The Kier molecular flexibility index (Phi) is 5.91. The predicted octanol–water partition coefficient (Wildman–Crippen LogP) is 6.74. The zero-order valence-electron chi connectivity index (χ0n) is 15.2. The molecule has 0 spiro atoms. The zero-order chi connectivity index (χ0) is 17.6. The fourth-order valence-corrected chi connectivity index (χ4v) is 3.82. The van der Waals surface area contributed by atoms with Crippen molar-refractivity contribution in [1.82, 2.24) is 0 Å². The van der Waals surface area contributed by atoms with Gasteiger partial charge in [-0.05, 0) is 80.2 Å². The van der Waals surface area contributed by atoms with Crippen LogP contribution in [0, 0.1) is 11.7 Å². The van der Waals surface area contributed by atoms with Crippen LogP contribution < -0.4 is 4.74 Å². The average molecular weight is 338 g/mol. The van der Waals surface area contributed by atoms with Crippen molar-refractivity contribution in [2.45, 2.75) is 45.4 Å². The van der Waals surface area contributed by atoms with E-state index in [4.69, 9.17) is 4.74 Å². The predicted molar refractivity (Wildman–Crippen MR) is 103 cm³/mol. The minimum Gasteiger partial charge on any atom is -0.491 e. The van der Waals surface area contributed by atoms with Crippen LogP contribution in [0.15, 0.2) is 54.6 Å². The lowest BCUT2D eigenvalue weighted by molar-refractivity contribution is 0.321. The Hall–Kier alpha value is -2.09. The van der Waals surface area contributed by atoms with Crippen LogP contribution in [0.2, 0.25) is 0 Å². The average Bonchev–Trinajstić information content (AvgIpc) is 2.65. The summed E-state index contributed by atoms with van der Waals surface area (Å²) in [5.74, 6) is 1.44. The van der Waals surface area contributed by atoms with E-state index in [0.29, 0.717) is 18.3 Å². The fourth-order valence-electron chi connectivity index (χ4n) is 3.82. The molecule has 0 heterocycles. The molecule has 1 nitrogen and oxygen atoms in total. The molecule has 2 aromatic carbocycles. The summed E-state index contributed by atoms with van der Waals surface area (Å²) < 4.78 is 19.3. The molecule has 132 valence electrons. The van der Waals surface area contributed by atoms with E-state index in [0.717, 1.165) is 17.0 Å². The van der Waals surface area contributed by atoms with E-state index in [1.54, 1.807) is 12.1 Å². The van der Waals surface area contributed by atoms with Crippen LogP contribution in [0.4, 0.5) is 4.39 Å². The van der Waals surface area contributed by atoms with Gasteiger partial charge in [0.15, 0.2) is 11.6 Å². The second-order valence-corrected chi connectivity index (χ2v) is 6.84. The summed E-state index contributed by atoms with van der Waals surface area (Å²) in [5, 5.41) is 0. The number of halogens is 1. The van der Waals surface area contributed by atoms with Gasteiger partial charge in [0.2, 0.25) is 0 Å². The van der Waals surface area contributed by atoms with Gasteiger partial charge in [-0.2, -0.15) is 0 Å². The molecular formula is C23H27FO. The molecule has 0 radical (unpaired) electrons. The second kappa shape index (κ2) is 8.33. The molecule has 0 aliphatic heterocycles. The number of benzene rings is 2. The minimum absolute atomic E-state index is 0.300. The first-order valence-electron chi connectivity index (χ1n) is 9.36. The molecule has 0 amide bonds. The number of allylic oxidation sites excluding steroid dienone is 2. The topological polar surface area (TPSA) is 9.23 Å². The van der Waals surface area contributed by atoms with Crippen LogP contribution in [0.3, 0.4) is 0 Å². The van der Waals surface area contributed by atoms with Crippen molar-refractivity contribution in [1.29, 1.82) is 0 Å². The molecule has 0 unspecified atom stereocenters. The number of rotatable bonds is 5. The zero-order valence-corrected chi connectivity index (χ0v) is 15.2. The standard InChI is InChI=1S/C23H27FO/c1-3-5-17-6-8-18(9-7-17)19-10-12-20(13-11-19)21-14-15-23(25-4-2)22(24)16-21/h3,5,10-18H,4,6-9H2,1-2H3/b5-3+. The summed E-state index contributed by atoms with van der Waals surface area (Å²) in [6.45, 7) is 4.44. The summed E-state index contributed by atoms with van der Waals surface area (Å²) in [5.41, 5.74) is 3.35. The summed E-state index contributed by atoms with van der Waals surface area (Å²) in [6.07, 6.45) is 9.59. The summed E-state index contributed by atoms with van der Waals surface area (Å²) in [7, 11) is 0. The maximum absolute atomic E-state index is 14.1. The summed E-state index contributed by atoms with van der Waals surface area (Å²) in [4.78, 5) is 0. The number of hydrogen-bond acceptors (Lipinski definition) is 1. The lowest BCUT2D eigenvalue weighted by Gasteiger charge is -2.27. The van der Waals surface area contributed by atoms with Gasteiger partial charge in [-0.25, -0.2) is 4.39 Å². The van der Waals surface area contributed by atoms with Gasteiger partial charge in [0, 0.05) is 0 Å². The summed E-state index contributed by atoms with van der Waals surface area (Å²) >= 11 is 0. The molecule has 2 heteroatoms. The highest BCUT2D eigenvalue weighted by Gasteiger charge is 2.20. The Morgan fingerprint density at radius 2 is 1.68 bits per heavy atom. The molecule has 0 saturated heterocycles. The SMILES string of the molecule is C/C=C/C1CCC(c2ccc(-c3ccc(OCC)c(F)c3)cc2)CC1. The van der Waals surface area contributed by atoms with Gasteiger partial charge in [0.25, 0.3) is 0 Å². The van der Waals surface area contributed by atoms with Crippen LogP contribution in [0.25, 0.3) is 11.1 Å². The Bertz CT molecular complexity index is 709. The van der Waals surface area contributed by atoms with E-state index in [2.05, 4.69) is 43.3 Å². The van der Waals surface area contributed by atoms with Gasteiger partial charge in [0.1, 0.15) is 0 Å². The normalized spacial score (nSPS) is 20.8. The van der Waals surface area contributed by atoms with Crippen LogP contribution >= 0.6 is 0 Å². The van der Waals surface area contributed by atoms with Gasteiger partial charge < -0.3 is 4.74 Å². The van der Waals surface area contributed by atoms with Crippen molar-refractivity contribution >= 4 is 0 Å². The van der Waals surface area contributed by atoms with Gasteiger partial charge >= 0.3 is 0 Å². The van der Waals surface area contributed by atoms with Crippen molar-refractivity contribution < 1.29 is 9.13 Å². The second-order valence-electron chi connectivity index (χ2n) is 6.84. The Balaban J connectivity index is 1.69. The Labute approximate surface area is 150 Å². The van der Waals surface area contributed by atoms with E-state index in [9.17, 15) is 4.39 Å². The molecule has 2 aromatic rings. The lowest BCUT2D eigenvalue weighted by atomic mass is 9.78. The van der Waals surface area contributed by atoms with Crippen molar-refractivity contribution in [2.75, 3.05) is 6.61 Å². The van der Waals surface area contributed by atoms with E-state index < -0.39 is 0 Å². The van der Waals surface area contributed by atoms with Crippen LogP contribution in [0.1, 0.15) is 51.0 Å². The largest absolute Gasteiger partial charge is 0.491 e. The Morgan fingerprint density at radius 1 is 1.00 bits per heavy atom. The molecule has 0 aromatic heterocycles. The third-order valence-corrected chi connectivity index (χ3v) is 5.18. The first-order valence-corrected chi connectivity index (χ1v) is 9.36. The highest BCUT2D eigenvalue weighted by atomic mass is 19.1. The van der Waals surface area contributed by atoms with E-state index in [1.807, 2.05) is 13.0 Å². The van der Waals surface area contributed by atoms with E-state index in [1.165, 1.54) is 31.2 Å². The number of ether oxygens (including phenoxy) is 1. The van der Waals surface area contributed by atoms with Crippen molar-refractivity contribution in [3.63, 3.8) is 0 Å². The first kappa shape index (κ1) is 17.7. The fraction of sp³-hybridized carbons (Fsp3) is 0.391. The maximum atomic E-state index is 14.1. The lowest BCUT2D eigenvalue weighted by Crippen LogP contribution is -2.11. The smallest absolute Gasteiger partial charge is 0.165 e. The maximum Gasteiger partial charge on any atom is 0.165 e. The molecule has 3 rings (SSSR count). The molecule has 25 heavy (non-hydrogen) atoms. The number of hydrogen-bond donors (Lipinski definition) is 0. The highest BCUT2D eigenvalue weighted by molar-refractivity contribution is 5.64. The van der Waals surface area contributed by atoms with Crippen molar-refractivity contribution in [2.24, 2.45) is 5.92 Å². The van der Waals surface area contributed by atoms with Crippen LogP contribution in [-0.2, 0) is 0 Å². The van der Waals surface area contributed by atoms with Gasteiger partial charge in [0.05, 0.1) is 6.61 Å². The van der Waals surface area contributed by atoms with Crippen LogP contribution in [0.5, 0.6) is 5.75 Å².